The van der Waals surface area contributed by atoms with Crippen LogP contribution in [0.1, 0.15) is 40.7 Å². The molecule has 0 bridgehead atoms. The normalized spacial score (nSPS) is 19.9. The molecule has 0 spiro atoms. The van der Waals surface area contributed by atoms with Gasteiger partial charge in [-0.3, -0.25) is 5.41 Å². The first-order valence-corrected chi connectivity index (χ1v) is 9.17. The lowest BCUT2D eigenvalue weighted by molar-refractivity contribution is 0.193. The molecule has 2 aliphatic rings. The average molecular weight is 368 g/mol. The van der Waals surface area contributed by atoms with Crippen LogP contribution in [-0.4, -0.2) is 58.9 Å². The number of aryl methyl sites for hydroxylation is 1. The van der Waals surface area contributed by atoms with Gasteiger partial charge in [0.05, 0.1) is 19.4 Å². The van der Waals surface area contributed by atoms with Crippen molar-refractivity contribution >= 4 is 12.2 Å². The van der Waals surface area contributed by atoms with Crippen LogP contribution in [0.3, 0.4) is 0 Å². The van der Waals surface area contributed by atoms with Crippen LogP contribution in [0.2, 0.25) is 0 Å². The molecule has 0 aromatic carbocycles. The number of methoxy groups -OCH3 is 1. The minimum absolute atomic E-state index is 0.292. The summed E-state index contributed by atoms with van der Waals surface area (Å²) in [5.74, 6) is 2.52. The predicted molar refractivity (Wildman–Crippen MR) is 102 cm³/mol. The molecular weight excluding hydrogens is 344 g/mol. The highest BCUT2D eigenvalue weighted by Crippen LogP contribution is 2.29. The average Bonchev–Trinajstić information content (AvgIpc) is 3.34. The summed E-state index contributed by atoms with van der Waals surface area (Å²) in [6.45, 7) is 4.90. The Morgan fingerprint density at radius 2 is 2.37 bits per heavy atom. The molecule has 2 aromatic heterocycles. The molecule has 4 rings (SSSR count). The van der Waals surface area contributed by atoms with Gasteiger partial charge in [-0.1, -0.05) is 0 Å². The van der Waals surface area contributed by atoms with Gasteiger partial charge in [-0.2, -0.15) is 0 Å². The minimum atomic E-state index is 0.292. The number of pyridine rings is 1. The SMILES string of the molecule is COc1cc2c(cn1)CN(C(=NC=N)c1nc(C)[nH]c1[C@@H]1CCOC1)CC2. The second kappa shape index (κ2) is 7.48. The number of aliphatic imine (C=N–C) groups is 1. The van der Waals surface area contributed by atoms with Gasteiger partial charge in [-0.25, -0.2) is 15.0 Å². The van der Waals surface area contributed by atoms with E-state index in [-0.39, 0.29) is 0 Å². The molecule has 0 unspecified atom stereocenters. The zero-order chi connectivity index (χ0) is 18.8. The van der Waals surface area contributed by atoms with Crippen LogP contribution in [0.25, 0.3) is 0 Å². The first-order valence-electron chi connectivity index (χ1n) is 9.17. The van der Waals surface area contributed by atoms with Crippen LogP contribution in [-0.2, 0) is 17.7 Å². The largest absolute Gasteiger partial charge is 0.481 e. The fourth-order valence-corrected chi connectivity index (χ4v) is 3.80. The van der Waals surface area contributed by atoms with E-state index in [0.717, 1.165) is 60.9 Å². The topological polar surface area (TPSA) is 99.5 Å². The Hall–Kier alpha value is -2.74. The van der Waals surface area contributed by atoms with E-state index in [0.29, 0.717) is 24.9 Å². The molecule has 4 heterocycles. The molecule has 0 aliphatic carbocycles. The minimum Gasteiger partial charge on any atom is -0.481 e. The van der Waals surface area contributed by atoms with E-state index in [4.69, 9.17) is 19.9 Å². The number of nitrogens with one attached hydrogen (secondary N) is 2. The fourth-order valence-electron chi connectivity index (χ4n) is 3.80. The third-order valence-electron chi connectivity index (χ3n) is 5.17. The highest BCUT2D eigenvalue weighted by Gasteiger charge is 2.29. The van der Waals surface area contributed by atoms with Crippen LogP contribution in [0.5, 0.6) is 5.88 Å². The number of hydrogen-bond donors (Lipinski definition) is 2. The number of aromatic amines is 1. The Morgan fingerprint density at radius 3 is 3.11 bits per heavy atom. The zero-order valence-corrected chi connectivity index (χ0v) is 15.7. The number of aromatic nitrogens is 3. The number of H-pyrrole nitrogens is 1. The van der Waals surface area contributed by atoms with Crippen LogP contribution in [0, 0.1) is 12.3 Å². The van der Waals surface area contributed by atoms with Gasteiger partial charge < -0.3 is 19.4 Å². The van der Waals surface area contributed by atoms with E-state index in [2.05, 4.69) is 19.9 Å². The van der Waals surface area contributed by atoms with E-state index in [1.54, 1.807) is 7.11 Å². The third-order valence-corrected chi connectivity index (χ3v) is 5.17. The molecule has 2 aliphatic heterocycles. The molecule has 8 heteroatoms. The molecular formula is C19H24N6O2. The Labute approximate surface area is 158 Å². The number of hydrogen-bond acceptors (Lipinski definition) is 5. The standard InChI is InChI=1S/C19H24N6O2/c1-12-23-17(14-4-6-27-10-14)18(24-12)19(22-11-20)25-5-3-13-7-16(26-2)21-8-15(13)9-25/h7-8,11,14,20H,3-6,9-10H2,1-2H3,(H,23,24)/t14-/m1/s1. The van der Waals surface area contributed by atoms with E-state index in [1.165, 1.54) is 5.56 Å². The summed E-state index contributed by atoms with van der Waals surface area (Å²) in [4.78, 5) is 19.0. The lowest BCUT2D eigenvalue weighted by atomic mass is 9.99. The summed E-state index contributed by atoms with van der Waals surface area (Å²) in [7, 11) is 1.63. The molecule has 1 fully saturated rings. The number of nitrogens with zero attached hydrogens (tertiary/aromatic N) is 4. The molecule has 0 radical (unpaired) electrons. The van der Waals surface area contributed by atoms with Gasteiger partial charge in [0, 0.05) is 37.9 Å². The Morgan fingerprint density at radius 1 is 1.48 bits per heavy atom. The first kappa shape index (κ1) is 17.7. The van der Waals surface area contributed by atoms with Gasteiger partial charge in [0.15, 0.2) is 5.84 Å². The van der Waals surface area contributed by atoms with Crippen LogP contribution < -0.4 is 4.74 Å². The monoisotopic (exact) mass is 368 g/mol. The predicted octanol–water partition coefficient (Wildman–Crippen LogP) is 2.04. The second-order valence-corrected chi connectivity index (χ2v) is 6.89. The van der Waals surface area contributed by atoms with Crippen molar-refractivity contribution in [2.75, 3.05) is 26.9 Å². The van der Waals surface area contributed by atoms with Gasteiger partial charge in [-0.15, -0.1) is 0 Å². The van der Waals surface area contributed by atoms with Crippen molar-refractivity contribution in [2.24, 2.45) is 4.99 Å². The Bertz CT molecular complexity index is 869. The van der Waals surface area contributed by atoms with Crippen molar-refractivity contribution in [3.05, 3.63) is 40.6 Å². The zero-order valence-electron chi connectivity index (χ0n) is 15.7. The van der Waals surface area contributed by atoms with E-state index in [1.807, 2.05) is 19.2 Å². The van der Waals surface area contributed by atoms with Gasteiger partial charge in [0.1, 0.15) is 17.9 Å². The summed E-state index contributed by atoms with van der Waals surface area (Å²) in [5, 5.41) is 7.56. The maximum atomic E-state index is 7.56. The number of ether oxygens (including phenoxy) is 2. The van der Waals surface area contributed by atoms with Crippen LogP contribution >= 0.6 is 0 Å². The number of rotatable bonds is 4. The maximum absolute atomic E-state index is 7.56. The summed E-state index contributed by atoms with van der Waals surface area (Å²) in [6, 6.07) is 2.00. The van der Waals surface area contributed by atoms with Crippen molar-refractivity contribution in [2.45, 2.75) is 32.2 Å². The fraction of sp³-hybridized carbons (Fsp3) is 0.474. The van der Waals surface area contributed by atoms with Crippen LogP contribution in [0.4, 0.5) is 0 Å². The Balaban J connectivity index is 1.66. The molecule has 142 valence electrons. The molecule has 8 nitrogen and oxygen atoms in total. The summed E-state index contributed by atoms with van der Waals surface area (Å²) in [5.41, 5.74) is 4.29. The first-order chi connectivity index (χ1) is 13.2. The number of imidazole rings is 1. The van der Waals surface area contributed by atoms with Crippen molar-refractivity contribution in [3.63, 3.8) is 0 Å². The lowest BCUT2D eigenvalue weighted by Crippen LogP contribution is -2.37. The number of fused-ring (bicyclic) bond motifs is 1. The molecule has 2 aromatic rings. The highest BCUT2D eigenvalue weighted by atomic mass is 16.5. The molecule has 1 saturated heterocycles. The van der Waals surface area contributed by atoms with Gasteiger partial charge in [-0.05, 0) is 30.9 Å². The van der Waals surface area contributed by atoms with Gasteiger partial charge in [0.2, 0.25) is 5.88 Å². The molecule has 0 saturated carbocycles. The quantitative estimate of drug-likeness (QED) is 0.635. The van der Waals surface area contributed by atoms with E-state index >= 15 is 0 Å². The smallest absolute Gasteiger partial charge is 0.213 e. The van der Waals surface area contributed by atoms with Crippen molar-refractivity contribution in [1.82, 2.24) is 19.9 Å². The lowest BCUT2D eigenvalue weighted by Gasteiger charge is -2.31. The van der Waals surface area contributed by atoms with Crippen molar-refractivity contribution in [1.29, 1.82) is 5.41 Å². The molecule has 0 amide bonds. The van der Waals surface area contributed by atoms with Crippen LogP contribution in [0.15, 0.2) is 17.3 Å². The third kappa shape index (κ3) is 3.44. The summed E-state index contributed by atoms with van der Waals surface area (Å²) in [6.07, 6.45) is 4.80. The van der Waals surface area contributed by atoms with Crippen molar-refractivity contribution < 1.29 is 9.47 Å². The van der Waals surface area contributed by atoms with Gasteiger partial charge >= 0.3 is 0 Å². The number of amidine groups is 1. The van der Waals surface area contributed by atoms with E-state index in [9.17, 15) is 0 Å². The van der Waals surface area contributed by atoms with E-state index < -0.39 is 0 Å². The molecule has 27 heavy (non-hydrogen) atoms. The second-order valence-electron chi connectivity index (χ2n) is 6.89. The summed E-state index contributed by atoms with van der Waals surface area (Å²) >= 11 is 0. The van der Waals surface area contributed by atoms with Crippen molar-refractivity contribution in [3.8, 4) is 5.88 Å². The summed E-state index contributed by atoms with van der Waals surface area (Å²) < 4.78 is 10.8. The van der Waals surface area contributed by atoms with Gasteiger partial charge in [0.25, 0.3) is 0 Å². The molecule has 2 N–H and O–H groups in total. The maximum Gasteiger partial charge on any atom is 0.213 e. The Kier molecular flexibility index (Phi) is 4.89. The highest BCUT2D eigenvalue weighted by molar-refractivity contribution is 6.01. The molecule has 1 atom stereocenters.